The number of carbonyl (C=O) groups excluding carboxylic acids is 1. The molecule has 1 aromatic carbocycles. The molecule has 0 saturated carbocycles. The third-order valence-electron chi connectivity index (χ3n) is 4.07. The lowest BCUT2D eigenvalue weighted by molar-refractivity contribution is -0.113. The van der Waals surface area contributed by atoms with Crippen molar-refractivity contribution in [2.24, 2.45) is 0 Å². The minimum Gasteiger partial charge on any atom is -0.325 e. The van der Waals surface area contributed by atoms with Crippen molar-refractivity contribution < 1.29 is 4.79 Å². The van der Waals surface area contributed by atoms with E-state index in [1.807, 2.05) is 24.4 Å². The Balaban J connectivity index is 1.78. The van der Waals surface area contributed by atoms with E-state index in [0.29, 0.717) is 32.6 Å². The van der Waals surface area contributed by atoms with Crippen molar-refractivity contribution in [2.75, 3.05) is 11.1 Å². The van der Waals surface area contributed by atoms with E-state index in [1.54, 1.807) is 16.7 Å². The van der Waals surface area contributed by atoms with Gasteiger partial charge in [-0.2, -0.15) is 0 Å². The summed E-state index contributed by atoms with van der Waals surface area (Å²) in [5.41, 5.74) is 2.29. The van der Waals surface area contributed by atoms with Crippen LogP contribution in [0.1, 0.15) is 25.3 Å². The molecule has 3 rings (SSSR count). The summed E-state index contributed by atoms with van der Waals surface area (Å²) in [4.78, 5) is 29.7. The molecule has 0 radical (unpaired) electrons. The molecule has 0 atom stereocenters. The van der Waals surface area contributed by atoms with Crippen LogP contribution < -0.4 is 10.9 Å². The van der Waals surface area contributed by atoms with Gasteiger partial charge in [-0.25, -0.2) is 4.98 Å². The predicted molar refractivity (Wildman–Crippen MR) is 114 cm³/mol. The summed E-state index contributed by atoms with van der Waals surface area (Å²) in [7, 11) is 0. The van der Waals surface area contributed by atoms with Crippen LogP contribution in [0.3, 0.4) is 0 Å². The lowest BCUT2D eigenvalue weighted by Gasteiger charge is -2.12. The predicted octanol–water partition coefficient (Wildman–Crippen LogP) is 4.95. The normalized spacial score (nSPS) is 11.1. The first-order valence-corrected chi connectivity index (χ1v) is 10.9. The highest BCUT2D eigenvalue weighted by atomic mass is 35.5. The van der Waals surface area contributed by atoms with Crippen molar-refractivity contribution in [2.45, 2.75) is 38.4 Å². The first-order valence-electron chi connectivity index (χ1n) is 8.66. The van der Waals surface area contributed by atoms with Crippen LogP contribution in [0.25, 0.3) is 10.2 Å². The number of halogens is 1. The number of hydrogen-bond donors (Lipinski definition) is 1. The van der Waals surface area contributed by atoms with Gasteiger partial charge in [0.25, 0.3) is 5.56 Å². The average molecular weight is 422 g/mol. The molecule has 27 heavy (non-hydrogen) atoms. The van der Waals surface area contributed by atoms with E-state index in [4.69, 9.17) is 11.6 Å². The van der Waals surface area contributed by atoms with Crippen molar-refractivity contribution in [3.63, 3.8) is 0 Å². The molecular formula is C19H20ClN3O2S2. The summed E-state index contributed by atoms with van der Waals surface area (Å²) >= 11 is 8.68. The van der Waals surface area contributed by atoms with Gasteiger partial charge in [0.05, 0.1) is 11.3 Å². The molecule has 0 bridgehead atoms. The number of thioether (sulfide) groups is 1. The van der Waals surface area contributed by atoms with E-state index in [1.165, 1.54) is 23.1 Å². The third-order valence-corrected chi connectivity index (χ3v) is 6.18. The van der Waals surface area contributed by atoms with Crippen LogP contribution in [0, 0.1) is 6.92 Å². The van der Waals surface area contributed by atoms with E-state index in [-0.39, 0.29) is 17.2 Å². The lowest BCUT2D eigenvalue weighted by Crippen LogP contribution is -2.23. The molecule has 0 spiro atoms. The second-order valence-corrected chi connectivity index (χ2v) is 8.43. The third kappa shape index (κ3) is 4.72. The molecule has 142 valence electrons. The van der Waals surface area contributed by atoms with Gasteiger partial charge >= 0.3 is 0 Å². The topological polar surface area (TPSA) is 64.0 Å². The lowest BCUT2D eigenvalue weighted by atomic mass is 10.2. The zero-order valence-electron chi connectivity index (χ0n) is 15.1. The summed E-state index contributed by atoms with van der Waals surface area (Å²) < 4.78 is 2.35. The molecule has 0 saturated heterocycles. The van der Waals surface area contributed by atoms with Crippen LogP contribution >= 0.6 is 34.7 Å². The van der Waals surface area contributed by atoms with Crippen molar-refractivity contribution in [1.82, 2.24) is 9.55 Å². The Labute approximate surface area is 170 Å². The Hall–Kier alpha value is -1.83. The molecule has 8 heteroatoms. The van der Waals surface area contributed by atoms with Crippen molar-refractivity contribution in [3.8, 4) is 0 Å². The number of nitrogens with zero attached hydrogens (tertiary/aromatic N) is 2. The van der Waals surface area contributed by atoms with Gasteiger partial charge in [0, 0.05) is 17.3 Å². The number of aryl methyl sites for hydroxylation is 1. The van der Waals surface area contributed by atoms with Gasteiger partial charge in [0.2, 0.25) is 5.91 Å². The Morgan fingerprint density at radius 1 is 1.37 bits per heavy atom. The molecule has 3 aromatic rings. The largest absolute Gasteiger partial charge is 0.325 e. The SMILES string of the molecule is CCCCn1c(SCC(=O)Nc2cc(Cl)ccc2C)nc2ccsc2c1=O. The number of amides is 1. The molecule has 5 nitrogen and oxygen atoms in total. The van der Waals surface area contributed by atoms with E-state index < -0.39 is 0 Å². The van der Waals surface area contributed by atoms with E-state index in [2.05, 4.69) is 17.2 Å². The maximum atomic E-state index is 12.7. The molecule has 2 heterocycles. The summed E-state index contributed by atoms with van der Waals surface area (Å²) in [6.07, 6.45) is 1.87. The molecule has 0 unspecified atom stereocenters. The first kappa shape index (κ1) is 19.9. The van der Waals surface area contributed by atoms with Gasteiger partial charge in [-0.1, -0.05) is 42.8 Å². The van der Waals surface area contributed by atoms with Gasteiger partial charge < -0.3 is 5.32 Å². The number of nitrogens with one attached hydrogen (secondary N) is 1. The fourth-order valence-corrected chi connectivity index (χ4v) is 4.37. The first-order chi connectivity index (χ1) is 13.0. The minimum atomic E-state index is -0.160. The maximum Gasteiger partial charge on any atom is 0.272 e. The number of unbranched alkanes of at least 4 members (excludes halogenated alkanes) is 1. The molecule has 0 aliphatic rings. The van der Waals surface area contributed by atoms with Crippen LogP contribution in [0.2, 0.25) is 5.02 Å². The fourth-order valence-electron chi connectivity index (χ4n) is 2.59. The Morgan fingerprint density at radius 3 is 2.96 bits per heavy atom. The number of thiophene rings is 1. The maximum absolute atomic E-state index is 12.7. The van der Waals surface area contributed by atoms with Gasteiger partial charge in [-0.05, 0) is 42.5 Å². The molecule has 1 amide bonds. The van der Waals surface area contributed by atoms with Crippen LogP contribution in [-0.2, 0) is 11.3 Å². The molecule has 2 aromatic heterocycles. The molecular weight excluding hydrogens is 402 g/mol. The second kappa shape index (κ2) is 8.91. The van der Waals surface area contributed by atoms with E-state index >= 15 is 0 Å². The standard InChI is InChI=1S/C19H20ClN3O2S2/c1-3-4-8-23-18(25)17-14(7-9-26-17)22-19(23)27-11-16(24)21-15-10-13(20)6-5-12(15)2/h5-7,9-10H,3-4,8,11H2,1-2H3,(H,21,24). The summed E-state index contributed by atoms with van der Waals surface area (Å²) in [6.45, 7) is 4.59. The van der Waals surface area contributed by atoms with Gasteiger partial charge in [0.15, 0.2) is 5.16 Å². The highest BCUT2D eigenvalue weighted by molar-refractivity contribution is 7.99. The fraction of sp³-hybridized carbons (Fsp3) is 0.316. The number of carbonyl (C=O) groups is 1. The highest BCUT2D eigenvalue weighted by Crippen LogP contribution is 2.23. The quantitative estimate of drug-likeness (QED) is 0.433. The number of rotatable bonds is 7. The van der Waals surface area contributed by atoms with Crippen LogP contribution in [0.4, 0.5) is 5.69 Å². The number of aromatic nitrogens is 2. The Bertz CT molecular complexity index is 1030. The zero-order chi connectivity index (χ0) is 19.4. The number of benzene rings is 1. The van der Waals surface area contributed by atoms with Crippen molar-refractivity contribution in [3.05, 3.63) is 50.6 Å². The molecule has 1 N–H and O–H groups in total. The summed E-state index contributed by atoms with van der Waals surface area (Å²) in [6, 6.07) is 7.21. The number of anilines is 1. The Kier molecular flexibility index (Phi) is 6.57. The molecule has 0 fully saturated rings. The van der Waals surface area contributed by atoms with Gasteiger partial charge in [-0.15, -0.1) is 11.3 Å². The van der Waals surface area contributed by atoms with Crippen molar-refractivity contribution in [1.29, 1.82) is 0 Å². The molecule has 0 aliphatic carbocycles. The Morgan fingerprint density at radius 2 is 2.19 bits per heavy atom. The second-order valence-electron chi connectivity index (χ2n) is 6.14. The average Bonchev–Trinajstić information content (AvgIpc) is 3.11. The van der Waals surface area contributed by atoms with Crippen LogP contribution in [0.15, 0.2) is 39.6 Å². The number of fused-ring (bicyclic) bond motifs is 1. The molecule has 0 aliphatic heterocycles. The highest BCUT2D eigenvalue weighted by Gasteiger charge is 2.14. The summed E-state index contributed by atoms with van der Waals surface area (Å²) in [5.74, 6) is 0.00671. The smallest absolute Gasteiger partial charge is 0.272 e. The minimum absolute atomic E-state index is 0.0305. The van der Waals surface area contributed by atoms with E-state index in [0.717, 1.165) is 18.4 Å². The van der Waals surface area contributed by atoms with Crippen molar-refractivity contribution >= 4 is 56.5 Å². The summed E-state index contributed by atoms with van der Waals surface area (Å²) in [5, 5.41) is 5.89. The van der Waals surface area contributed by atoms with E-state index in [9.17, 15) is 9.59 Å². The van der Waals surface area contributed by atoms with Crippen LogP contribution in [-0.4, -0.2) is 21.2 Å². The monoisotopic (exact) mass is 421 g/mol. The zero-order valence-corrected chi connectivity index (χ0v) is 17.5. The van der Waals surface area contributed by atoms with Crippen LogP contribution in [0.5, 0.6) is 0 Å². The van der Waals surface area contributed by atoms with Gasteiger partial charge in [0.1, 0.15) is 4.70 Å². The van der Waals surface area contributed by atoms with Gasteiger partial charge in [-0.3, -0.25) is 14.2 Å². The number of hydrogen-bond acceptors (Lipinski definition) is 5.